The monoisotopic (exact) mass is 354 g/mol. The van der Waals surface area contributed by atoms with E-state index in [1.807, 2.05) is 38.1 Å². The van der Waals surface area contributed by atoms with Crippen molar-refractivity contribution in [2.24, 2.45) is 0 Å². The third-order valence-corrected chi connectivity index (χ3v) is 4.89. The molecule has 0 spiro atoms. The minimum absolute atomic E-state index is 0.0810. The van der Waals surface area contributed by atoms with Gasteiger partial charge in [-0.05, 0) is 39.0 Å². The summed E-state index contributed by atoms with van der Waals surface area (Å²) < 4.78 is 0. The van der Waals surface area contributed by atoms with E-state index in [-0.39, 0.29) is 17.5 Å². The molecule has 8 heteroatoms. The highest BCUT2D eigenvalue weighted by Crippen LogP contribution is 2.36. The van der Waals surface area contributed by atoms with Crippen LogP contribution in [0.3, 0.4) is 0 Å². The quantitative estimate of drug-likeness (QED) is 0.664. The van der Waals surface area contributed by atoms with Crippen LogP contribution in [0.2, 0.25) is 0 Å². The molecule has 0 aliphatic rings. The summed E-state index contributed by atoms with van der Waals surface area (Å²) in [5.74, 6) is -0.247. The highest BCUT2D eigenvalue weighted by molar-refractivity contribution is 7.99. The SMILES string of the molecule is Cc1cc(C(=O)Nc2ccccc2Sc2c(C)n[nH]c2C)nc(N)n1. The predicted octanol–water partition coefficient (Wildman–Crippen LogP) is 3.11. The first-order valence-corrected chi connectivity index (χ1v) is 8.46. The van der Waals surface area contributed by atoms with Crippen LogP contribution in [0.25, 0.3) is 0 Å². The molecule has 7 nitrogen and oxygen atoms in total. The number of aromatic nitrogens is 4. The molecule has 0 unspecified atom stereocenters. The highest BCUT2D eigenvalue weighted by atomic mass is 32.2. The number of para-hydroxylation sites is 1. The number of H-pyrrole nitrogens is 1. The number of aryl methyl sites for hydroxylation is 3. The smallest absolute Gasteiger partial charge is 0.274 e. The molecular formula is C17H18N6OS. The molecule has 1 amide bonds. The lowest BCUT2D eigenvalue weighted by Crippen LogP contribution is -2.16. The summed E-state index contributed by atoms with van der Waals surface area (Å²) >= 11 is 1.55. The Morgan fingerprint density at radius 2 is 1.96 bits per heavy atom. The number of aromatic amines is 1. The van der Waals surface area contributed by atoms with Crippen LogP contribution in [-0.2, 0) is 0 Å². The molecule has 0 atom stereocenters. The number of hydrogen-bond donors (Lipinski definition) is 3. The van der Waals surface area contributed by atoms with Crippen molar-refractivity contribution in [1.29, 1.82) is 0 Å². The normalized spacial score (nSPS) is 10.7. The number of hydrogen-bond acceptors (Lipinski definition) is 6. The minimum Gasteiger partial charge on any atom is -0.368 e. The standard InChI is InChI=1S/C17H18N6OS/c1-9-8-13(21-17(18)19-9)16(24)20-12-6-4-5-7-14(12)25-15-10(2)22-23-11(15)3/h4-8H,1-3H3,(H,20,24)(H,22,23)(H2,18,19,21). The van der Waals surface area contributed by atoms with Crippen LogP contribution >= 0.6 is 11.8 Å². The van der Waals surface area contributed by atoms with Crippen LogP contribution in [0.1, 0.15) is 27.6 Å². The van der Waals surface area contributed by atoms with Gasteiger partial charge in [0.2, 0.25) is 5.95 Å². The Hall–Kier alpha value is -2.87. The van der Waals surface area contributed by atoms with E-state index in [1.54, 1.807) is 24.8 Å². The summed E-state index contributed by atoms with van der Waals surface area (Å²) in [4.78, 5) is 22.5. The molecule has 3 rings (SSSR count). The van der Waals surface area contributed by atoms with Gasteiger partial charge in [0, 0.05) is 16.3 Å². The molecule has 4 N–H and O–H groups in total. The molecule has 3 aromatic rings. The van der Waals surface area contributed by atoms with E-state index < -0.39 is 0 Å². The molecule has 2 aromatic heterocycles. The van der Waals surface area contributed by atoms with Crippen LogP contribution < -0.4 is 11.1 Å². The van der Waals surface area contributed by atoms with E-state index in [4.69, 9.17) is 5.73 Å². The first kappa shape index (κ1) is 17.0. The van der Waals surface area contributed by atoms with Crippen molar-refractivity contribution in [3.63, 3.8) is 0 Å². The van der Waals surface area contributed by atoms with E-state index in [1.165, 1.54) is 0 Å². The molecule has 0 radical (unpaired) electrons. The Balaban J connectivity index is 1.87. The fourth-order valence-corrected chi connectivity index (χ4v) is 3.34. The number of rotatable bonds is 4. The van der Waals surface area contributed by atoms with Gasteiger partial charge in [0.05, 0.1) is 16.3 Å². The molecule has 128 valence electrons. The molecule has 2 heterocycles. The summed E-state index contributed by atoms with van der Waals surface area (Å²) in [6.45, 7) is 5.68. The first-order chi connectivity index (χ1) is 11.9. The zero-order valence-electron chi connectivity index (χ0n) is 14.1. The van der Waals surface area contributed by atoms with Gasteiger partial charge < -0.3 is 11.1 Å². The van der Waals surface area contributed by atoms with Crippen molar-refractivity contribution in [2.45, 2.75) is 30.6 Å². The molecule has 0 bridgehead atoms. The summed E-state index contributed by atoms with van der Waals surface area (Å²) in [6, 6.07) is 9.20. The van der Waals surface area contributed by atoms with Gasteiger partial charge in [0.1, 0.15) is 5.69 Å². The van der Waals surface area contributed by atoms with Crippen LogP contribution in [0.15, 0.2) is 40.1 Å². The lowest BCUT2D eigenvalue weighted by atomic mass is 10.3. The van der Waals surface area contributed by atoms with E-state index in [9.17, 15) is 4.79 Å². The van der Waals surface area contributed by atoms with Crippen molar-refractivity contribution in [2.75, 3.05) is 11.1 Å². The molecule has 0 aliphatic carbocycles. The van der Waals surface area contributed by atoms with Crippen LogP contribution in [-0.4, -0.2) is 26.1 Å². The minimum atomic E-state index is -0.328. The van der Waals surface area contributed by atoms with Gasteiger partial charge in [-0.3, -0.25) is 9.89 Å². The zero-order valence-corrected chi connectivity index (χ0v) is 14.9. The summed E-state index contributed by atoms with van der Waals surface area (Å²) in [5, 5.41) is 10.1. The Labute approximate surface area is 149 Å². The van der Waals surface area contributed by atoms with Gasteiger partial charge in [-0.1, -0.05) is 23.9 Å². The van der Waals surface area contributed by atoms with Gasteiger partial charge in [0.15, 0.2) is 0 Å². The summed E-state index contributed by atoms with van der Waals surface area (Å²) in [5.41, 5.74) is 9.12. The van der Waals surface area contributed by atoms with Gasteiger partial charge in [-0.15, -0.1) is 0 Å². The lowest BCUT2D eigenvalue weighted by molar-refractivity contribution is 0.102. The Bertz CT molecular complexity index is 897. The van der Waals surface area contributed by atoms with Crippen LogP contribution in [0.4, 0.5) is 11.6 Å². The Kier molecular flexibility index (Phi) is 4.71. The molecule has 0 fully saturated rings. The first-order valence-electron chi connectivity index (χ1n) is 7.65. The number of nitrogens with one attached hydrogen (secondary N) is 2. The number of carbonyl (C=O) groups excluding carboxylic acids is 1. The van der Waals surface area contributed by atoms with Gasteiger partial charge in [0.25, 0.3) is 5.91 Å². The fraction of sp³-hybridized carbons (Fsp3) is 0.176. The maximum absolute atomic E-state index is 12.5. The van der Waals surface area contributed by atoms with E-state index in [0.717, 1.165) is 21.2 Å². The number of nitrogens with two attached hydrogens (primary N) is 1. The second kappa shape index (κ2) is 6.94. The number of anilines is 2. The Morgan fingerprint density at radius 1 is 1.20 bits per heavy atom. The largest absolute Gasteiger partial charge is 0.368 e. The molecule has 0 saturated carbocycles. The second-order valence-electron chi connectivity index (χ2n) is 5.57. The van der Waals surface area contributed by atoms with Crippen molar-refractivity contribution >= 4 is 29.3 Å². The maximum Gasteiger partial charge on any atom is 0.274 e. The van der Waals surface area contributed by atoms with Crippen molar-refractivity contribution in [3.8, 4) is 0 Å². The number of amides is 1. The van der Waals surface area contributed by atoms with Crippen LogP contribution in [0, 0.1) is 20.8 Å². The average molecular weight is 354 g/mol. The van der Waals surface area contributed by atoms with Crippen molar-refractivity contribution in [3.05, 3.63) is 53.1 Å². The third-order valence-electron chi connectivity index (χ3n) is 3.51. The summed E-state index contributed by atoms with van der Waals surface area (Å²) in [7, 11) is 0. The van der Waals surface area contributed by atoms with Gasteiger partial charge >= 0.3 is 0 Å². The average Bonchev–Trinajstić information content (AvgIpc) is 2.87. The number of nitrogens with zero attached hydrogens (tertiary/aromatic N) is 3. The van der Waals surface area contributed by atoms with Gasteiger partial charge in [-0.25, -0.2) is 9.97 Å². The molecule has 0 aliphatic heterocycles. The van der Waals surface area contributed by atoms with Crippen molar-refractivity contribution < 1.29 is 4.79 Å². The zero-order chi connectivity index (χ0) is 18.0. The van der Waals surface area contributed by atoms with E-state index in [0.29, 0.717) is 11.4 Å². The number of carbonyl (C=O) groups is 1. The predicted molar refractivity (Wildman–Crippen MR) is 97.8 cm³/mol. The highest BCUT2D eigenvalue weighted by Gasteiger charge is 2.15. The molecule has 1 aromatic carbocycles. The van der Waals surface area contributed by atoms with Crippen LogP contribution in [0.5, 0.6) is 0 Å². The lowest BCUT2D eigenvalue weighted by Gasteiger charge is -2.11. The third kappa shape index (κ3) is 3.80. The van der Waals surface area contributed by atoms with E-state index >= 15 is 0 Å². The molecule has 25 heavy (non-hydrogen) atoms. The van der Waals surface area contributed by atoms with E-state index in [2.05, 4.69) is 25.5 Å². The number of benzene rings is 1. The maximum atomic E-state index is 12.5. The van der Waals surface area contributed by atoms with Crippen molar-refractivity contribution in [1.82, 2.24) is 20.2 Å². The molecule has 0 saturated heterocycles. The summed E-state index contributed by atoms with van der Waals surface area (Å²) in [6.07, 6.45) is 0. The molecular weight excluding hydrogens is 336 g/mol. The number of nitrogen functional groups attached to an aromatic ring is 1. The topological polar surface area (TPSA) is 110 Å². The second-order valence-corrected chi connectivity index (χ2v) is 6.62. The Morgan fingerprint density at radius 3 is 2.64 bits per heavy atom. The fourth-order valence-electron chi connectivity index (χ4n) is 2.35. The van der Waals surface area contributed by atoms with Gasteiger partial charge in [-0.2, -0.15) is 5.10 Å².